The van der Waals surface area contributed by atoms with Crippen LogP contribution in [0.4, 0.5) is 32.0 Å². The summed E-state index contributed by atoms with van der Waals surface area (Å²) in [7, 11) is 1.67. The minimum absolute atomic E-state index is 0.00897. The van der Waals surface area contributed by atoms with Crippen molar-refractivity contribution < 1.29 is 35.9 Å². The number of halogens is 6. The van der Waals surface area contributed by atoms with Gasteiger partial charge in [0.1, 0.15) is 0 Å². The molecule has 0 saturated carbocycles. The zero-order valence-electron chi connectivity index (χ0n) is 17.4. The van der Waals surface area contributed by atoms with Gasteiger partial charge < -0.3 is 15.5 Å². The summed E-state index contributed by atoms with van der Waals surface area (Å²) in [6.07, 6.45) is -9.01. The second-order valence-electron chi connectivity index (χ2n) is 8.16. The lowest BCUT2D eigenvalue weighted by molar-refractivity contribution is -0.143. The first-order valence-corrected chi connectivity index (χ1v) is 9.71. The zero-order chi connectivity index (χ0) is 23.6. The number of hydrogen-bond acceptors (Lipinski definition) is 3. The van der Waals surface area contributed by atoms with E-state index in [1.807, 2.05) is 0 Å². The smallest absolute Gasteiger partial charge is 0.341 e. The van der Waals surface area contributed by atoms with Crippen LogP contribution in [0.15, 0.2) is 18.2 Å². The van der Waals surface area contributed by atoms with Crippen molar-refractivity contribution in [2.75, 3.05) is 25.5 Å². The number of nitrogens with zero attached hydrogens (tertiary/aromatic N) is 1. The molecular weight excluding hydrogens is 428 g/mol. The van der Waals surface area contributed by atoms with Crippen molar-refractivity contribution in [2.45, 2.75) is 51.0 Å². The first kappa shape index (κ1) is 25.0. The Hall–Kier alpha value is -2.30. The normalized spacial score (nSPS) is 16.4. The summed E-state index contributed by atoms with van der Waals surface area (Å²) in [6.45, 7) is 4.34. The molecule has 1 heterocycles. The maximum Gasteiger partial charge on any atom is 0.416 e. The Labute approximate surface area is 176 Å². The molecule has 1 aromatic carbocycles. The van der Waals surface area contributed by atoms with E-state index in [-0.39, 0.29) is 24.3 Å². The Morgan fingerprint density at radius 1 is 0.968 bits per heavy atom. The Morgan fingerprint density at radius 2 is 1.45 bits per heavy atom. The molecule has 5 nitrogen and oxygen atoms in total. The highest BCUT2D eigenvalue weighted by Gasteiger charge is 2.37. The molecule has 2 amide bonds. The van der Waals surface area contributed by atoms with Gasteiger partial charge in [-0.2, -0.15) is 26.3 Å². The van der Waals surface area contributed by atoms with Crippen molar-refractivity contribution in [2.24, 2.45) is 5.92 Å². The SMILES string of the molecule is CNC(C)(C)C(=O)N1CCC(CC(=O)Nc2cc(C(F)(F)F)cc(C(F)(F)F)c2)CC1. The molecule has 0 spiro atoms. The predicted molar refractivity (Wildman–Crippen MR) is 102 cm³/mol. The largest absolute Gasteiger partial charge is 0.416 e. The summed E-state index contributed by atoms with van der Waals surface area (Å²) in [6, 6.07) is 0.970. The first-order valence-electron chi connectivity index (χ1n) is 9.71. The Morgan fingerprint density at radius 3 is 1.87 bits per heavy atom. The Balaban J connectivity index is 2.02. The molecule has 0 bridgehead atoms. The second kappa shape index (κ2) is 9.05. The minimum atomic E-state index is -4.98. The van der Waals surface area contributed by atoms with Crippen LogP contribution in [0.3, 0.4) is 0 Å². The van der Waals surface area contributed by atoms with Gasteiger partial charge in [0.05, 0.1) is 16.7 Å². The van der Waals surface area contributed by atoms with Gasteiger partial charge in [-0.15, -0.1) is 0 Å². The average Bonchev–Trinajstić information content (AvgIpc) is 2.66. The quantitative estimate of drug-likeness (QED) is 0.654. The third-order valence-corrected chi connectivity index (χ3v) is 5.41. The van der Waals surface area contributed by atoms with Crippen LogP contribution < -0.4 is 10.6 Å². The number of rotatable bonds is 5. The zero-order valence-corrected chi connectivity index (χ0v) is 17.4. The third kappa shape index (κ3) is 6.59. The van der Waals surface area contributed by atoms with Gasteiger partial charge in [0.15, 0.2) is 0 Å². The molecule has 31 heavy (non-hydrogen) atoms. The molecule has 2 rings (SSSR count). The summed E-state index contributed by atoms with van der Waals surface area (Å²) in [5.74, 6) is -0.885. The molecule has 0 unspecified atom stereocenters. The number of amides is 2. The first-order chi connectivity index (χ1) is 14.1. The van der Waals surface area contributed by atoms with E-state index in [9.17, 15) is 35.9 Å². The molecule has 2 N–H and O–H groups in total. The van der Waals surface area contributed by atoms with E-state index in [2.05, 4.69) is 10.6 Å². The van der Waals surface area contributed by atoms with Gasteiger partial charge in [-0.1, -0.05) is 0 Å². The maximum atomic E-state index is 12.9. The van der Waals surface area contributed by atoms with Crippen LogP contribution in [0.2, 0.25) is 0 Å². The molecule has 0 atom stereocenters. The maximum absolute atomic E-state index is 12.9. The molecule has 0 aliphatic carbocycles. The average molecular weight is 453 g/mol. The molecule has 1 aromatic rings. The highest BCUT2D eigenvalue weighted by atomic mass is 19.4. The lowest BCUT2D eigenvalue weighted by Crippen LogP contribution is -2.54. The van der Waals surface area contributed by atoms with Crippen molar-refractivity contribution >= 4 is 17.5 Å². The number of carbonyl (C=O) groups excluding carboxylic acids is 2. The van der Waals surface area contributed by atoms with Gasteiger partial charge in [0.2, 0.25) is 11.8 Å². The van der Waals surface area contributed by atoms with Gasteiger partial charge >= 0.3 is 12.4 Å². The highest BCUT2D eigenvalue weighted by molar-refractivity contribution is 5.91. The predicted octanol–water partition coefficient (Wildman–Crippen LogP) is 4.29. The lowest BCUT2D eigenvalue weighted by Gasteiger charge is -2.36. The van der Waals surface area contributed by atoms with Gasteiger partial charge in [-0.25, -0.2) is 0 Å². The molecular formula is C20H25F6N3O2. The monoisotopic (exact) mass is 453 g/mol. The van der Waals surface area contributed by atoms with Crippen molar-refractivity contribution in [1.82, 2.24) is 10.2 Å². The number of hydrogen-bond donors (Lipinski definition) is 2. The summed E-state index contributed by atoms with van der Waals surface area (Å²) in [4.78, 5) is 26.4. The van der Waals surface area contributed by atoms with E-state index in [4.69, 9.17) is 0 Å². The number of anilines is 1. The fourth-order valence-electron chi connectivity index (χ4n) is 3.34. The topological polar surface area (TPSA) is 61.4 Å². The Bertz CT molecular complexity index is 780. The van der Waals surface area contributed by atoms with Crippen molar-refractivity contribution in [3.63, 3.8) is 0 Å². The summed E-state index contributed by atoms with van der Waals surface area (Å²) >= 11 is 0. The van der Waals surface area contributed by atoms with Gasteiger partial charge in [-0.05, 0) is 57.9 Å². The van der Waals surface area contributed by atoms with Crippen LogP contribution in [-0.4, -0.2) is 42.4 Å². The van der Waals surface area contributed by atoms with E-state index >= 15 is 0 Å². The Kier molecular flexibility index (Phi) is 7.29. The van der Waals surface area contributed by atoms with Gasteiger partial charge in [0, 0.05) is 25.2 Å². The van der Waals surface area contributed by atoms with Crippen LogP contribution in [0.25, 0.3) is 0 Å². The summed E-state index contributed by atoms with van der Waals surface area (Å²) < 4.78 is 77.6. The summed E-state index contributed by atoms with van der Waals surface area (Å²) in [5.41, 5.74) is -4.27. The standard InChI is InChI=1S/C20H25F6N3O2/c1-18(2,27-3)17(31)29-6-4-12(5-7-29)8-16(30)28-15-10-13(19(21,22)23)9-14(11-15)20(24,25)26/h9-12,27H,4-8H2,1-3H3,(H,28,30). The van der Waals surface area contributed by atoms with Crippen molar-refractivity contribution in [3.05, 3.63) is 29.3 Å². The van der Waals surface area contributed by atoms with E-state index < -0.39 is 40.6 Å². The number of nitrogens with one attached hydrogen (secondary N) is 2. The van der Waals surface area contributed by atoms with Crippen molar-refractivity contribution in [1.29, 1.82) is 0 Å². The summed E-state index contributed by atoms with van der Waals surface area (Å²) in [5, 5.41) is 5.08. The van der Waals surface area contributed by atoms with E-state index in [0.717, 1.165) is 0 Å². The molecule has 1 fully saturated rings. The number of alkyl halides is 6. The number of likely N-dealkylation sites (N-methyl/N-ethyl adjacent to an activating group) is 1. The van der Waals surface area contributed by atoms with Crippen LogP contribution in [0.5, 0.6) is 0 Å². The molecule has 1 aliphatic heterocycles. The number of likely N-dealkylation sites (tertiary alicyclic amines) is 1. The van der Waals surface area contributed by atoms with Crippen molar-refractivity contribution in [3.8, 4) is 0 Å². The molecule has 0 aromatic heterocycles. The third-order valence-electron chi connectivity index (χ3n) is 5.41. The molecule has 11 heteroatoms. The van der Waals surface area contributed by atoms with Crippen LogP contribution >= 0.6 is 0 Å². The van der Waals surface area contributed by atoms with Crippen LogP contribution in [0, 0.1) is 5.92 Å². The van der Waals surface area contributed by atoms with E-state index in [1.165, 1.54) is 0 Å². The second-order valence-corrected chi connectivity index (χ2v) is 8.16. The highest BCUT2D eigenvalue weighted by Crippen LogP contribution is 2.37. The van der Waals surface area contributed by atoms with Crippen LogP contribution in [0.1, 0.15) is 44.2 Å². The lowest BCUT2D eigenvalue weighted by atomic mass is 9.91. The fraction of sp³-hybridized carbons (Fsp3) is 0.600. The molecule has 1 aliphatic rings. The number of benzene rings is 1. The molecule has 174 valence electrons. The van der Waals surface area contributed by atoms with Crippen LogP contribution in [-0.2, 0) is 21.9 Å². The number of piperidine rings is 1. The number of carbonyl (C=O) groups is 2. The fourth-order valence-corrected chi connectivity index (χ4v) is 3.34. The van der Waals surface area contributed by atoms with E-state index in [1.54, 1.807) is 25.8 Å². The van der Waals surface area contributed by atoms with E-state index in [0.29, 0.717) is 38.1 Å². The van der Waals surface area contributed by atoms with Gasteiger partial charge in [-0.3, -0.25) is 9.59 Å². The molecule has 0 radical (unpaired) electrons. The molecule has 1 saturated heterocycles. The van der Waals surface area contributed by atoms with Gasteiger partial charge in [0.25, 0.3) is 0 Å². The minimum Gasteiger partial charge on any atom is -0.341 e.